The van der Waals surface area contributed by atoms with Gasteiger partial charge in [-0.1, -0.05) is 37.3 Å². The summed E-state index contributed by atoms with van der Waals surface area (Å²) in [7, 11) is 0. The van der Waals surface area contributed by atoms with E-state index in [9.17, 15) is 0 Å². The summed E-state index contributed by atoms with van der Waals surface area (Å²) in [5, 5.41) is 3.60. The van der Waals surface area contributed by atoms with Crippen LogP contribution in [-0.2, 0) is 5.54 Å². The van der Waals surface area contributed by atoms with Gasteiger partial charge in [-0.05, 0) is 31.4 Å². The molecule has 1 fully saturated rings. The molecule has 1 aliphatic heterocycles. The van der Waals surface area contributed by atoms with E-state index in [1.807, 2.05) is 0 Å². The van der Waals surface area contributed by atoms with Crippen LogP contribution in [0.1, 0.15) is 25.8 Å². The van der Waals surface area contributed by atoms with E-state index in [2.05, 4.69) is 49.5 Å². The molecule has 13 heavy (non-hydrogen) atoms. The topological polar surface area (TPSA) is 12.0 Å². The van der Waals surface area contributed by atoms with Gasteiger partial charge in [0.1, 0.15) is 0 Å². The van der Waals surface area contributed by atoms with E-state index in [1.165, 1.54) is 12.0 Å². The minimum absolute atomic E-state index is 0.209. The van der Waals surface area contributed by atoms with Crippen LogP contribution < -0.4 is 5.32 Å². The maximum absolute atomic E-state index is 3.60. The number of hydrogen-bond donors (Lipinski definition) is 1. The summed E-state index contributed by atoms with van der Waals surface area (Å²) < 4.78 is 0. The Hall–Kier alpha value is -0.820. The highest BCUT2D eigenvalue weighted by atomic mass is 15.0. The smallest absolute Gasteiger partial charge is 0.0409 e. The molecule has 2 atom stereocenters. The van der Waals surface area contributed by atoms with E-state index >= 15 is 0 Å². The highest BCUT2D eigenvalue weighted by molar-refractivity contribution is 5.24. The van der Waals surface area contributed by atoms with Gasteiger partial charge in [0.15, 0.2) is 0 Å². The molecule has 1 aromatic carbocycles. The molecule has 1 aromatic rings. The van der Waals surface area contributed by atoms with Crippen LogP contribution in [0.15, 0.2) is 30.3 Å². The summed E-state index contributed by atoms with van der Waals surface area (Å²) in [6, 6.07) is 10.7. The summed E-state index contributed by atoms with van der Waals surface area (Å²) in [4.78, 5) is 0. The van der Waals surface area contributed by atoms with Crippen LogP contribution in [0.3, 0.4) is 0 Å². The zero-order chi connectivity index (χ0) is 9.31. The van der Waals surface area contributed by atoms with Crippen LogP contribution in [0.2, 0.25) is 0 Å². The number of hydrogen-bond acceptors (Lipinski definition) is 1. The predicted octanol–water partition coefficient (Wildman–Crippen LogP) is 2.53. The lowest BCUT2D eigenvalue weighted by atomic mass is 9.88. The number of nitrogens with one attached hydrogen (secondary N) is 1. The van der Waals surface area contributed by atoms with E-state index in [1.54, 1.807) is 0 Å². The SMILES string of the molecule is CC1CNC(C)(c2ccccc2)C1. The van der Waals surface area contributed by atoms with Gasteiger partial charge in [-0.3, -0.25) is 0 Å². The van der Waals surface area contributed by atoms with Crippen molar-refractivity contribution in [2.75, 3.05) is 6.54 Å². The van der Waals surface area contributed by atoms with Crippen molar-refractivity contribution in [3.63, 3.8) is 0 Å². The summed E-state index contributed by atoms with van der Waals surface area (Å²) in [5.41, 5.74) is 1.63. The average Bonchev–Trinajstić information content (AvgIpc) is 2.49. The molecule has 0 radical (unpaired) electrons. The van der Waals surface area contributed by atoms with Crippen molar-refractivity contribution < 1.29 is 0 Å². The van der Waals surface area contributed by atoms with Gasteiger partial charge in [-0.2, -0.15) is 0 Å². The molecule has 1 N–H and O–H groups in total. The predicted molar refractivity (Wildman–Crippen MR) is 55.6 cm³/mol. The molecule has 0 spiro atoms. The van der Waals surface area contributed by atoms with E-state index in [0.717, 1.165) is 12.5 Å². The molecule has 1 aliphatic rings. The lowest BCUT2D eigenvalue weighted by molar-refractivity contribution is 0.423. The third-order valence-corrected chi connectivity index (χ3v) is 3.01. The van der Waals surface area contributed by atoms with Gasteiger partial charge >= 0.3 is 0 Å². The van der Waals surface area contributed by atoms with Gasteiger partial charge in [-0.25, -0.2) is 0 Å². The van der Waals surface area contributed by atoms with Gasteiger partial charge in [0, 0.05) is 5.54 Å². The summed E-state index contributed by atoms with van der Waals surface area (Å²) >= 11 is 0. The average molecular weight is 175 g/mol. The molecule has 70 valence electrons. The fraction of sp³-hybridized carbons (Fsp3) is 0.500. The van der Waals surface area contributed by atoms with Crippen molar-refractivity contribution in [1.29, 1.82) is 0 Å². The minimum atomic E-state index is 0.209. The Labute approximate surface area is 80.2 Å². The van der Waals surface area contributed by atoms with E-state index < -0.39 is 0 Å². The lowest BCUT2D eigenvalue weighted by Gasteiger charge is -2.25. The van der Waals surface area contributed by atoms with Crippen molar-refractivity contribution in [3.8, 4) is 0 Å². The first-order valence-electron chi connectivity index (χ1n) is 5.01. The largest absolute Gasteiger partial charge is 0.307 e. The second-order valence-corrected chi connectivity index (χ2v) is 4.39. The van der Waals surface area contributed by atoms with Crippen molar-refractivity contribution in [3.05, 3.63) is 35.9 Å². The van der Waals surface area contributed by atoms with Gasteiger partial charge in [-0.15, -0.1) is 0 Å². The molecular weight excluding hydrogens is 158 g/mol. The molecule has 2 rings (SSSR count). The molecule has 1 heterocycles. The number of rotatable bonds is 1. The second kappa shape index (κ2) is 3.15. The Morgan fingerprint density at radius 2 is 2.00 bits per heavy atom. The summed E-state index contributed by atoms with van der Waals surface area (Å²) in [5.74, 6) is 0.796. The van der Waals surface area contributed by atoms with Gasteiger partial charge in [0.25, 0.3) is 0 Å². The van der Waals surface area contributed by atoms with Gasteiger partial charge < -0.3 is 5.32 Å². The monoisotopic (exact) mass is 175 g/mol. The maximum Gasteiger partial charge on any atom is 0.0409 e. The van der Waals surface area contributed by atoms with Crippen LogP contribution in [-0.4, -0.2) is 6.54 Å². The van der Waals surface area contributed by atoms with Crippen molar-refractivity contribution in [1.82, 2.24) is 5.32 Å². The molecule has 0 bridgehead atoms. The van der Waals surface area contributed by atoms with Crippen molar-refractivity contribution in [2.45, 2.75) is 25.8 Å². The number of benzene rings is 1. The van der Waals surface area contributed by atoms with Crippen molar-refractivity contribution in [2.24, 2.45) is 5.92 Å². The molecule has 1 heteroatoms. The molecule has 2 unspecified atom stereocenters. The summed E-state index contributed by atoms with van der Waals surface area (Å²) in [6.07, 6.45) is 1.25. The Balaban J connectivity index is 2.26. The molecule has 0 aromatic heterocycles. The first kappa shape index (κ1) is 8.76. The van der Waals surface area contributed by atoms with Gasteiger partial charge in [0.2, 0.25) is 0 Å². The highest BCUT2D eigenvalue weighted by Crippen LogP contribution is 2.32. The summed E-state index contributed by atoms with van der Waals surface area (Å²) in [6.45, 7) is 5.75. The minimum Gasteiger partial charge on any atom is -0.307 e. The lowest BCUT2D eigenvalue weighted by Crippen LogP contribution is -2.32. The Morgan fingerprint density at radius 3 is 2.54 bits per heavy atom. The standard InChI is InChI=1S/C12H17N/c1-10-8-12(2,13-9-10)11-6-4-3-5-7-11/h3-7,10,13H,8-9H2,1-2H3. The van der Waals surface area contributed by atoms with Crippen LogP contribution >= 0.6 is 0 Å². The second-order valence-electron chi connectivity index (χ2n) is 4.39. The van der Waals surface area contributed by atoms with Crippen LogP contribution in [0, 0.1) is 5.92 Å². The zero-order valence-electron chi connectivity index (χ0n) is 8.38. The van der Waals surface area contributed by atoms with Crippen LogP contribution in [0.4, 0.5) is 0 Å². The fourth-order valence-corrected chi connectivity index (χ4v) is 2.27. The Bertz CT molecular complexity index is 280. The van der Waals surface area contributed by atoms with E-state index in [-0.39, 0.29) is 5.54 Å². The quantitative estimate of drug-likeness (QED) is 0.691. The maximum atomic E-state index is 3.60. The highest BCUT2D eigenvalue weighted by Gasteiger charge is 2.33. The molecule has 0 amide bonds. The molecular formula is C12H17N. The van der Waals surface area contributed by atoms with Crippen LogP contribution in [0.25, 0.3) is 0 Å². The molecule has 1 saturated heterocycles. The fourth-order valence-electron chi connectivity index (χ4n) is 2.27. The first-order valence-corrected chi connectivity index (χ1v) is 5.01. The zero-order valence-corrected chi connectivity index (χ0v) is 8.38. The van der Waals surface area contributed by atoms with Crippen molar-refractivity contribution >= 4 is 0 Å². The molecule has 0 saturated carbocycles. The first-order chi connectivity index (χ1) is 6.21. The van der Waals surface area contributed by atoms with E-state index in [0.29, 0.717) is 0 Å². The third kappa shape index (κ3) is 1.61. The molecule has 1 nitrogen and oxygen atoms in total. The molecule has 0 aliphatic carbocycles. The Kier molecular flexibility index (Phi) is 2.12. The third-order valence-electron chi connectivity index (χ3n) is 3.01. The Morgan fingerprint density at radius 1 is 1.31 bits per heavy atom. The van der Waals surface area contributed by atoms with Crippen LogP contribution in [0.5, 0.6) is 0 Å². The van der Waals surface area contributed by atoms with Gasteiger partial charge in [0.05, 0.1) is 0 Å². The van der Waals surface area contributed by atoms with E-state index in [4.69, 9.17) is 0 Å². The normalized spacial score (nSPS) is 33.5.